The molecule has 0 bridgehead atoms. The molecule has 0 unspecified atom stereocenters. The van der Waals surface area contributed by atoms with Crippen LogP contribution in [-0.4, -0.2) is 12.5 Å². The Morgan fingerprint density at radius 2 is 1.64 bits per heavy atom. The van der Waals surface area contributed by atoms with Crippen molar-refractivity contribution in [3.05, 3.63) is 65.7 Å². The molecule has 3 N–H and O–H groups in total. The Morgan fingerprint density at radius 1 is 1.05 bits per heavy atom. The first-order valence-corrected chi connectivity index (χ1v) is 7.16. The van der Waals surface area contributed by atoms with Crippen molar-refractivity contribution in [2.75, 3.05) is 11.9 Å². The molecule has 0 aliphatic rings. The number of halogens is 1. The van der Waals surface area contributed by atoms with Crippen molar-refractivity contribution in [3.63, 3.8) is 0 Å². The van der Waals surface area contributed by atoms with Crippen LogP contribution in [0.5, 0.6) is 0 Å². The lowest BCUT2D eigenvalue weighted by Gasteiger charge is -2.23. The average molecular weight is 409 g/mol. The lowest BCUT2D eigenvalue weighted by Crippen LogP contribution is -2.27. The van der Waals surface area contributed by atoms with E-state index in [2.05, 4.69) is 55.3 Å². The number of nitrogens with two attached hydrogens (primary N) is 1. The molecule has 2 aromatic rings. The SMILES string of the molecule is Cc1ccc(NC(N)=NCC(C)(C)c2ccccc2)cc1.I. The summed E-state index contributed by atoms with van der Waals surface area (Å²) in [5.74, 6) is 0.447. The fourth-order valence-electron chi connectivity index (χ4n) is 2.09. The lowest BCUT2D eigenvalue weighted by atomic mass is 9.85. The number of aliphatic imine (C=N–C) groups is 1. The van der Waals surface area contributed by atoms with Gasteiger partial charge in [-0.05, 0) is 24.6 Å². The summed E-state index contributed by atoms with van der Waals surface area (Å²) in [5.41, 5.74) is 9.37. The third-order valence-electron chi connectivity index (χ3n) is 3.52. The molecule has 2 rings (SSSR count). The maximum absolute atomic E-state index is 5.97. The molecular formula is C18H24IN3. The Kier molecular flexibility index (Phi) is 6.87. The molecule has 0 radical (unpaired) electrons. The van der Waals surface area contributed by atoms with Crippen LogP contribution in [0.2, 0.25) is 0 Å². The minimum absolute atomic E-state index is 0. The van der Waals surface area contributed by atoms with Gasteiger partial charge in [-0.2, -0.15) is 0 Å². The molecular weight excluding hydrogens is 385 g/mol. The maximum atomic E-state index is 5.97. The predicted molar refractivity (Wildman–Crippen MR) is 106 cm³/mol. The zero-order valence-electron chi connectivity index (χ0n) is 13.3. The second kappa shape index (κ2) is 8.17. The van der Waals surface area contributed by atoms with Gasteiger partial charge in [-0.3, -0.25) is 4.99 Å². The summed E-state index contributed by atoms with van der Waals surface area (Å²) < 4.78 is 0. The summed E-state index contributed by atoms with van der Waals surface area (Å²) in [6.45, 7) is 7.04. The van der Waals surface area contributed by atoms with Crippen LogP contribution in [-0.2, 0) is 5.41 Å². The van der Waals surface area contributed by atoms with Crippen LogP contribution in [0.15, 0.2) is 59.6 Å². The van der Waals surface area contributed by atoms with E-state index in [1.54, 1.807) is 0 Å². The highest BCUT2D eigenvalue weighted by atomic mass is 127. The number of rotatable bonds is 4. The number of nitrogens with one attached hydrogen (secondary N) is 1. The molecule has 0 aliphatic heterocycles. The largest absolute Gasteiger partial charge is 0.370 e. The fraction of sp³-hybridized carbons (Fsp3) is 0.278. The maximum Gasteiger partial charge on any atom is 0.193 e. The lowest BCUT2D eigenvalue weighted by molar-refractivity contribution is 0.540. The average Bonchev–Trinajstić information content (AvgIpc) is 2.49. The van der Waals surface area contributed by atoms with Gasteiger partial charge in [0, 0.05) is 11.1 Å². The van der Waals surface area contributed by atoms with E-state index in [1.807, 2.05) is 30.3 Å². The molecule has 0 atom stereocenters. The van der Waals surface area contributed by atoms with Crippen LogP contribution < -0.4 is 11.1 Å². The summed E-state index contributed by atoms with van der Waals surface area (Å²) in [7, 11) is 0. The summed E-state index contributed by atoms with van der Waals surface area (Å²) in [6.07, 6.45) is 0. The summed E-state index contributed by atoms with van der Waals surface area (Å²) in [4.78, 5) is 4.47. The predicted octanol–water partition coefficient (Wildman–Crippen LogP) is 4.32. The van der Waals surface area contributed by atoms with Crippen molar-refractivity contribution in [1.82, 2.24) is 0 Å². The van der Waals surface area contributed by atoms with E-state index in [9.17, 15) is 0 Å². The van der Waals surface area contributed by atoms with Crippen LogP contribution in [0.4, 0.5) is 5.69 Å². The zero-order chi connectivity index (χ0) is 15.3. The first-order valence-electron chi connectivity index (χ1n) is 7.16. The van der Waals surface area contributed by atoms with Crippen molar-refractivity contribution >= 4 is 35.6 Å². The van der Waals surface area contributed by atoms with Crippen LogP contribution in [0.3, 0.4) is 0 Å². The Labute approximate surface area is 150 Å². The molecule has 0 fully saturated rings. The van der Waals surface area contributed by atoms with Gasteiger partial charge in [0.25, 0.3) is 0 Å². The molecule has 0 saturated carbocycles. The first-order chi connectivity index (χ1) is 9.97. The standard InChI is InChI=1S/C18H23N3.HI/c1-14-9-11-16(12-10-14)21-17(19)20-13-18(2,3)15-7-5-4-6-8-15;/h4-12H,13H2,1-3H3,(H3,19,20,21);1H. The Hall–Kier alpha value is -1.56. The van der Waals surface area contributed by atoms with E-state index in [4.69, 9.17) is 5.73 Å². The van der Waals surface area contributed by atoms with Gasteiger partial charge in [-0.25, -0.2) is 0 Å². The molecule has 0 amide bonds. The monoisotopic (exact) mass is 409 g/mol. The van der Waals surface area contributed by atoms with Gasteiger partial charge < -0.3 is 11.1 Å². The van der Waals surface area contributed by atoms with Crippen LogP contribution in [0.1, 0.15) is 25.0 Å². The van der Waals surface area contributed by atoms with E-state index < -0.39 is 0 Å². The van der Waals surface area contributed by atoms with Gasteiger partial charge in [0.15, 0.2) is 5.96 Å². The smallest absolute Gasteiger partial charge is 0.193 e. The van der Waals surface area contributed by atoms with Gasteiger partial charge in [0.1, 0.15) is 0 Å². The van der Waals surface area contributed by atoms with E-state index in [1.165, 1.54) is 11.1 Å². The molecule has 2 aromatic carbocycles. The Balaban J connectivity index is 0.00000242. The molecule has 0 heterocycles. The fourth-order valence-corrected chi connectivity index (χ4v) is 2.09. The number of nitrogens with zero attached hydrogens (tertiary/aromatic N) is 1. The van der Waals surface area contributed by atoms with Crippen LogP contribution >= 0.6 is 24.0 Å². The highest BCUT2D eigenvalue weighted by Crippen LogP contribution is 2.23. The molecule has 22 heavy (non-hydrogen) atoms. The normalized spacial score (nSPS) is 11.7. The Morgan fingerprint density at radius 3 is 2.23 bits per heavy atom. The van der Waals surface area contributed by atoms with Crippen molar-refractivity contribution in [1.29, 1.82) is 0 Å². The summed E-state index contributed by atoms with van der Waals surface area (Å²) in [6, 6.07) is 18.5. The topological polar surface area (TPSA) is 50.4 Å². The van der Waals surface area contributed by atoms with E-state index in [0.29, 0.717) is 12.5 Å². The zero-order valence-corrected chi connectivity index (χ0v) is 15.7. The number of guanidine groups is 1. The van der Waals surface area contributed by atoms with Crippen molar-refractivity contribution < 1.29 is 0 Å². The number of hydrogen-bond acceptors (Lipinski definition) is 1. The number of aryl methyl sites for hydroxylation is 1. The van der Waals surface area contributed by atoms with E-state index >= 15 is 0 Å². The minimum atomic E-state index is -0.0408. The van der Waals surface area contributed by atoms with Gasteiger partial charge in [-0.15, -0.1) is 24.0 Å². The molecule has 118 valence electrons. The molecule has 0 aromatic heterocycles. The van der Waals surface area contributed by atoms with Crippen molar-refractivity contribution in [2.24, 2.45) is 10.7 Å². The van der Waals surface area contributed by atoms with Crippen molar-refractivity contribution in [3.8, 4) is 0 Å². The molecule has 0 saturated heterocycles. The van der Waals surface area contributed by atoms with Crippen LogP contribution in [0, 0.1) is 6.92 Å². The van der Waals surface area contributed by atoms with Crippen molar-refractivity contribution in [2.45, 2.75) is 26.2 Å². The Bertz CT molecular complexity index is 604. The summed E-state index contributed by atoms with van der Waals surface area (Å²) in [5, 5.41) is 3.12. The highest BCUT2D eigenvalue weighted by molar-refractivity contribution is 14.0. The third-order valence-corrected chi connectivity index (χ3v) is 3.52. The number of hydrogen-bond donors (Lipinski definition) is 2. The summed E-state index contributed by atoms with van der Waals surface area (Å²) >= 11 is 0. The highest BCUT2D eigenvalue weighted by Gasteiger charge is 2.19. The molecule has 3 nitrogen and oxygen atoms in total. The quantitative estimate of drug-likeness (QED) is 0.449. The first kappa shape index (κ1) is 18.5. The van der Waals surface area contributed by atoms with Gasteiger partial charge in [0.05, 0.1) is 6.54 Å². The van der Waals surface area contributed by atoms with Gasteiger partial charge in [0.2, 0.25) is 0 Å². The van der Waals surface area contributed by atoms with Gasteiger partial charge >= 0.3 is 0 Å². The second-order valence-corrected chi connectivity index (χ2v) is 5.94. The van der Waals surface area contributed by atoms with Crippen LogP contribution in [0.25, 0.3) is 0 Å². The van der Waals surface area contributed by atoms with E-state index in [0.717, 1.165) is 5.69 Å². The second-order valence-electron chi connectivity index (χ2n) is 5.94. The van der Waals surface area contributed by atoms with E-state index in [-0.39, 0.29) is 29.4 Å². The number of anilines is 1. The number of benzene rings is 2. The molecule has 4 heteroatoms. The molecule has 0 spiro atoms. The third kappa shape index (κ3) is 5.33. The minimum Gasteiger partial charge on any atom is -0.370 e. The van der Waals surface area contributed by atoms with Gasteiger partial charge in [-0.1, -0.05) is 61.9 Å². The molecule has 0 aliphatic carbocycles.